The number of nitrogens with one attached hydrogen (secondary N) is 1. The van der Waals surface area contributed by atoms with Gasteiger partial charge in [-0.1, -0.05) is 29.5 Å². The Morgan fingerprint density at radius 1 is 1.50 bits per heavy atom. The molecule has 0 radical (unpaired) electrons. The lowest BCUT2D eigenvalue weighted by Gasteiger charge is -2.22. The molecule has 1 N–H and O–H groups in total. The second-order valence-corrected chi connectivity index (χ2v) is 3.31. The van der Waals surface area contributed by atoms with Crippen molar-refractivity contribution >= 4 is 22.6 Å². The third kappa shape index (κ3) is 3.66. The number of rotatable bonds is 3. The molecule has 1 nitrogen and oxygen atoms in total. The highest BCUT2D eigenvalue weighted by atomic mass is 127. The molecule has 50 valence electrons. The zero-order valence-electron chi connectivity index (χ0n) is 5.79. The summed E-state index contributed by atoms with van der Waals surface area (Å²) in [4.78, 5) is 0. The van der Waals surface area contributed by atoms with Crippen LogP contribution in [0.3, 0.4) is 0 Å². The molecule has 0 aromatic carbocycles. The number of halogens is 1. The summed E-state index contributed by atoms with van der Waals surface area (Å²) in [5.74, 6) is 0. The molecule has 2 heteroatoms. The fraction of sp³-hybridized carbons (Fsp3) is 1.00. The van der Waals surface area contributed by atoms with E-state index in [9.17, 15) is 0 Å². The lowest BCUT2D eigenvalue weighted by atomic mass is 10.0. The maximum absolute atomic E-state index is 3.36. The summed E-state index contributed by atoms with van der Waals surface area (Å²) < 4.78 is 1.04. The molecule has 0 spiro atoms. The summed E-state index contributed by atoms with van der Waals surface area (Å²) in [5, 5.41) is 3.36. The molecule has 8 heavy (non-hydrogen) atoms. The van der Waals surface area contributed by atoms with Crippen LogP contribution in [-0.2, 0) is 0 Å². The average molecular weight is 227 g/mol. The molecule has 0 aromatic heterocycles. The number of hydrogen-bond donors (Lipinski definition) is 1. The lowest BCUT2D eigenvalue weighted by Crippen LogP contribution is -2.37. The molecule has 0 atom stereocenters. The first-order chi connectivity index (χ1) is 3.62. The monoisotopic (exact) mass is 227 g/mol. The molecule has 0 unspecified atom stereocenters. The van der Waals surface area contributed by atoms with Crippen LogP contribution in [-0.4, -0.2) is 10.1 Å². The number of hydrogen-bond acceptors (Lipinski definition) is 1. The van der Waals surface area contributed by atoms with Crippen LogP contribution >= 0.6 is 22.6 Å². The van der Waals surface area contributed by atoms with Gasteiger partial charge in [0.25, 0.3) is 0 Å². The Bertz CT molecular complexity index is 61.5. The molecule has 0 aliphatic carbocycles. The first kappa shape index (κ1) is 8.69. The molecule has 0 saturated heterocycles. The fourth-order valence-electron chi connectivity index (χ4n) is 0.306. The molecular formula is C6H14IN. The van der Waals surface area contributed by atoms with Crippen molar-refractivity contribution in [3.05, 3.63) is 0 Å². The van der Waals surface area contributed by atoms with Crippen molar-refractivity contribution < 1.29 is 0 Å². The smallest absolute Gasteiger partial charge is 0.0484 e. The van der Waals surface area contributed by atoms with Crippen LogP contribution in [0.15, 0.2) is 0 Å². The summed E-state index contributed by atoms with van der Waals surface area (Å²) in [6.07, 6.45) is 1.19. The minimum absolute atomic E-state index is 0.335. The van der Waals surface area contributed by atoms with Crippen LogP contribution in [0.5, 0.6) is 0 Å². The van der Waals surface area contributed by atoms with E-state index in [4.69, 9.17) is 0 Å². The Balaban J connectivity index is 3.37. The van der Waals surface area contributed by atoms with Crippen molar-refractivity contribution in [2.45, 2.75) is 32.7 Å². The summed E-state index contributed by atoms with van der Waals surface area (Å²) in [6.45, 7) is 6.62. The molecule has 0 saturated carbocycles. The predicted octanol–water partition coefficient (Wildman–Crippen LogP) is 2.16. The zero-order valence-corrected chi connectivity index (χ0v) is 7.95. The summed E-state index contributed by atoms with van der Waals surface area (Å²) in [7, 11) is 0. The van der Waals surface area contributed by atoms with E-state index in [0.717, 1.165) is 4.55 Å². The Morgan fingerprint density at radius 2 is 2.00 bits per heavy atom. The molecule has 0 aliphatic rings. The number of alkyl halides is 1. The lowest BCUT2D eigenvalue weighted by molar-refractivity contribution is 0.408. The van der Waals surface area contributed by atoms with E-state index in [2.05, 4.69) is 48.7 Å². The van der Waals surface area contributed by atoms with E-state index in [1.165, 1.54) is 6.42 Å². The van der Waals surface area contributed by atoms with Gasteiger partial charge in [-0.3, -0.25) is 0 Å². The van der Waals surface area contributed by atoms with E-state index in [-0.39, 0.29) is 0 Å². The Hall–Kier alpha value is 0.690. The SMILES string of the molecule is CCC(C)(C)NCI. The van der Waals surface area contributed by atoms with Crippen LogP contribution in [0.4, 0.5) is 0 Å². The standard InChI is InChI=1S/C6H14IN/c1-4-6(2,3)8-5-7/h8H,4-5H2,1-3H3. The molecule has 0 aromatic rings. The third-order valence-corrected chi connectivity index (χ3v) is 1.81. The second-order valence-electron chi connectivity index (χ2n) is 2.55. The van der Waals surface area contributed by atoms with Gasteiger partial charge in [0.05, 0.1) is 0 Å². The van der Waals surface area contributed by atoms with Gasteiger partial charge in [-0.15, -0.1) is 0 Å². The normalized spacial score (nSPS) is 12.0. The zero-order chi connectivity index (χ0) is 6.62. The summed E-state index contributed by atoms with van der Waals surface area (Å²) >= 11 is 2.32. The van der Waals surface area contributed by atoms with E-state index in [0.29, 0.717) is 5.54 Å². The van der Waals surface area contributed by atoms with Crippen LogP contribution in [0.1, 0.15) is 27.2 Å². The minimum Gasteiger partial charge on any atom is -0.303 e. The summed E-state index contributed by atoms with van der Waals surface area (Å²) in [6, 6.07) is 0. The van der Waals surface area contributed by atoms with Gasteiger partial charge in [0.2, 0.25) is 0 Å². The average Bonchev–Trinajstić information content (AvgIpc) is 1.67. The van der Waals surface area contributed by atoms with Crippen molar-refractivity contribution in [2.75, 3.05) is 4.55 Å². The maximum Gasteiger partial charge on any atom is 0.0484 e. The van der Waals surface area contributed by atoms with Gasteiger partial charge in [0.15, 0.2) is 0 Å². The van der Waals surface area contributed by atoms with E-state index < -0.39 is 0 Å². The largest absolute Gasteiger partial charge is 0.303 e. The van der Waals surface area contributed by atoms with Crippen LogP contribution in [0, 0.1) is 0 Å². The molecule has 0 aliphatic heterocycles. The van der Waals surface area contributed by atoms with Crippen molar-refractivity contribution in [1.82, 2.24) is 5.32 Å². The fourth-order valence-corrected chi connectivity index (χ4v) is 1.34. The highest BCUT2D eigenvalue weighted by Crippen LogP contribution is 2.06. The van der Waals surface area contributed by atoms with E-state index >= 15 is 0 Å². The first-order valence-electron chi connectivity index (χ1n) is 2.93. The van der Waals surface area contributed by atoms with Gasteiger partial charge in [0.1, 0.15) is 0 Å². The van der Waals surface area contributed by atoms with Gasteiger partial charge in [-0.05, 0) is 20.3 Å². The quantitative estimate of drug-likeness (QED) is 0.442. The first-order valence-corrected chi connectivity index (χ1v) is 4.46. The molecule has 0 rings (SSSR count). The van der Waals surface area contributed by atoms with Crippen molar-refractivity contribution in [3.8, 4) is 0 Å². The highest BCUT2D eigenvalue weighted by Gasteiger charge is 2.11. The van der Waals surface area contributed by atoms with E-state index in [1.807, 2.05) is 0 Å². The second kappa shape index (κ2) is 3.67. The van der Waals surface area contributed by atoms with Crippen LogP contribution in [0.2, 0.25) is 0 Å². The topological polar surface area (TPSA) is 12.0 Å². The Morgan fingerprint density at radius 3 is 2.12 bits per heavy atom. The van der Waals surface area contributed by atoms with Gasteiger partial charge in [-0.25, -0.2) is 0 Å². The maximum atomic E-state index is 3.36. The van der Waals surface area contributed by atoms with Gasteiger partial charge in [0, 0.05) is 10.1 Å². The summed E-state index contributed by atoms with van der Waals surface area (Å²) in [5.41, 5.74) is 0.335. The minimum atomic E-state index is 0.335. The van der Waals surface area contributed by atoms with Gasteiger partial charge in [-0.2, -0.15) is 0 Å². The molecule has 0 amide bonds. The molecule has 0 bridgehead atoms. The Kier molecular flexibility index (Phi) is 3.98. The van der Waals surface area contributed by atoms with Crippen LogP contribution in [0.25, 0.3) is 0 Å². The molecular weight excluding hydrogens is 213 g/mol. The van der Waals surface area contributed by atoms with E-state index in [1.54, 1.807) is 0 Å². The van der Waals surface area contributed by atoms with Gasteiger partial charge < -0.3 is 5.32 Å². The molecule has 0 heterocycles. The van der Waals surface area contributed by atoms with Crippen molar-refractivity contribution in [1.29, 1.82) is 0 Å². The van der Waals surface area contributed by atoms with Crippen molar-refractivity contribution in [3.63, 3.8) is 0 Å². The Labute approximate surface area is 65.4 Å². The molecule has 0 fully saturated rings. The van der Waals surface area contributed by atoms with Crippen LogP contribution < -0.4 is 5.32 Å². The predicted molar refractivity (Wildman–Crippen MR) is 46.4 cm³/mol. The van der Waals surface area contributed by atoms with Gasteiger partial charge >= 0.3 is 0 Å². The highest BCUT2D eigenvalue weighted by molar-refractivity contribution is 14.1. The third-order valence-electron chi connectivity index (χ3n) is 1.43. The van der Waals surface area contributed by atoms with Crippen molar-refractivity contribution in [2.24, 2.45) is 0 Å².